The summed E-state index contributed by atoms with van der Waals surface area (Å²) in [5.41, 5.74) is 5.08. The van der Waals surface area contributed by atoms with Gasteiger partial charge in [-0.1, -0.05) is 66.7 Å². The molecule has 2 aromatic carbocycles. The lowest BCUT2D eigenvalue weighted by Crippen LogP contribution is -2.33. The third-order valence-corrected chi connectivity index (χ3v) is 6.66. The van der Waals surface area contributed by atoms with Crippen LogP contribution in [0.25, 0.3) is 33.5 Å². The molecule has 0 saturated carbocycles. The van der Waals surface area contributed by atoms with Crippen LogP contribution in [0.1, 0.15) is 32.8 Å². The van der Waals surface area contributed by atoms with Gasteiger partial charge in [-0.15, -0.1) is 10.2 Å². The number of nitrogens with one attached hydrogen (secondary N) is 1. The fourth-order valence-corrected chi connectivity index (χ4v) is 4.47. The van der Waals surface area contributed by atoms with Gasteiger partial charge in [0.25, 0.3) is 0 Å². The van der Waals surface area contributed by atoms with Crippen LogP contribution >= 0.6 is 11.8 Å². The van der Waals surface area contributed by atoms with E-state index in [2.05, 4.69) is 77.3 Å². The minimum atomic E-state index is 0.0116. The lowest BCUT2D eigenvalue weighted by atomic mass is 10.0. The molecule has 2 aromatic heterocycles. The van der Waals surface area contributed by atoms with Crippen molar-refractivity contribution in [2.24, 2.45) is 0 Å². The number of aryl methyl sites for hydroxylation is 1. The van der Waals surface area contributed by atoms with Gasteiger partial charge in [-0.3, -0.25) is 4.79 Å². The lowest BCUT2D eigenvalue weighted by molar-refractivity contribution is -0.119. The average molecular weight is 460 g/mol. The van der Waals surface area contributed by atoms with Crippen LogP contribution in [0.15, 0.2) is 59.8 Å². The summed E-state index contributed by atoms with van der Waals surface area (Å²) in [5, 5.41) is 13.7. The van der Waals surface area contributed by atoms with E-state index in [-0.39, 0.29) is 11.9 Å². The van der Waals surface area contributed by atoms with E-state index in [0.717, 1.165) is 45.1 Å². The summed E-state index contributed by atoms with van der Waals surface area (Å²) in [7, 11) is 0. The van der Waals surface area contributed by atoms with Crippen LogP contribution in [0.2, 0.25) is 0 Å². The maximum absolute atomic E-state index is 12.3. The van der Waals surface area contributed by atoms with E-state index >= 15 is 0 Å². The second-order valence-corrected chi connectivity index (χ2v) is 9.10. The molecule has 1 N–H and O–H groups in total. The SMILES string of the molecule is CC[C@H](C)NC(=O)CSc1nnc(-c2cc(-c3ccc(C)cc3)nc3ccccc23)n1CC. The molecule has 6 nitrogen and oxygen atoms in total. The number of para-hydroxylation sites is 1. The number of hydrogen-bond acceptors (Lipinski definition) is 5. The lowest BCUT2D eigenvalue weighted by Gasteiger charge is -2.13. The van der Waals surface area contributed by atoms with Crippen molar-refractivity contribution in [2.75, 3.05) is 5.75 Å². The number of fused-ring (bicyclic) bond motifs is 1. The van der Waals surface area contributed by atoms with Crippen molar-refractivity contribution in [3.63, 3.8) is 0 Å². The first-order valence-electron chi connectivity index (χ1n) is 11.3. The van der Waals surface area contributed by atoms with Gasteiger partial charge < -0.3 is 9.88 Å². The quantitative estimate of drug-likeness (QED) is 0.353. The fourth-order valence-electron chi connectivity index (χ4n) is 3.66. The molecule has 4 rings (SSSR count). The highest BCUT2D eigenvalue weighted by molar-refractivity contribution is 7.99. The van der Waals surface area contributed by atoms with Crippen LogP contribution in [0, 0.1) is 6.92 Å². The Hall–Kier alpha value is -3.19. The summed E-state index contributed by atoms with van der Waals surface area (Å²) >= 11 is 1.42. The number of aromatic nitrogens is 4. The van der Waals surface area contributed by atoms with Gasteiger partial charge in [0.15, 0.2) is 11.0 Å². The molecule has 0 fully saturated rings. The molecule has 33 heavy (non-hydrogen) atoms. The van der Waals surface area contributed by atoms with Gasteiger partial charge in [-0.2, -0.15) is 0 Å². The Labute approximate surface area is 198 Å². The molecular formula is C26H29N5OS. The molecule has 7 heteroatoms. The fraction of sp³-hybridized carbons (Fsp3) is 0.308. The standard InChI is InChI=1S/C26H29N5OS/c1-5-18(4)27-24(32)16-33-26-30-29-25(31(26)6-2)21-15-23(19-13-11-17(3)12-14-19)28-22-10-8-7-9-20(21)22/h7-15,18H,5-6,16H2,1-4H3,(H,27,32)/t18-/m0/s1. The minimum Gasteiger partial charge on any atom is -0.353 e. The largest absolute Gasteiger partial charge is 0.353 e. The predicted octanol–water partition coefficient (Wildman–Crippen LogP) is 5.50. The first-order chi connectivity index (χ1) is 16.0. The molecule has 0 aliphatic rings. The predicted molar refractivity (Wildman–Crippen MR) is 135 cm³/mol. The Balaban J connectivity index is 1.72. The van der Waals surface area contributed by atoms with E-state index in [1.807, 2.05) is 25.1 Å². The van der Waals surface area contributed by atoms with Crippen LogP contribution < -0.4 is 5.32 Å². The van der Waals surface area contributed by atoms with Crippen LogP contribution in [0.5, 0.6) is 0 Å². The zero-order valence-electron chi connectivity index (χ0n) is 19.5. The Bertz CT molecular complexity index is 1270. The summed E-state index contributed by atoms with van der Waals surface area (Å²) in [5.74, 6) is 1.11. The van der Waals surface area contributed by atoms with E-state index in [9.17, 15) is 4.79 Å². The first kappa shape index (κ1) is 23.0. The zero-order chi connectivity index (χ0) is 23.4. The number of amides is 1. The second-order valence-electron chi connectivity index (χ2n) is 8.15. The molecule has 0 aliphatic heterocycles. The molecule has 1 atom stereocenters. The third-order valence-electron chi connectivity index (χ3n) is 5.69. The van der Waals surface area contributed by atoms with Gasteiger partial charge in [0.2, 0.25) is 5.91 Å². The Morgan fingerprint density at radius 2 is 1.85 bits per heavy atom. The highest BCUT2D eigenvalue weighted by atomic mass is 32.2. The number of carbonyl (C=O) groups excluding carboxylic acids is 1. The zero-order valence-corrected chi connectivity index (χ0v) is 20.3. The number of pyridine rings is 1. The van der Waals surface area contributed by atoms with E-state index in [4.69, 9.17) is 4.98 Å². The molecule has 2 heterocycles. The number of nitrogens with zero attached hydrogens (tertiary/aromatic N) is 4. The smallest absolute Gasteiger partial charge is 0.230 e. The normalized spacial score (nSPS) is 12.1. The van der Waals surface area contributed by atoms with Crippen molar-refractivity contribution in [1.29, 1.82) is 0 Å². The molecule has 0 bridgehead atoms. The molecule has 0 spiro atoms. The van der Waals surface area contributed by atoms with Crippen LogP contribution in [0.4, 0.5) is 0 Å². The highest BCUT2D eigenvalue weighted by Gasteiger charge is 2.18. The van der Waals surface area contributed by atoms with E-state index < -0.39 is 0 Å². The number of rotatable bonds is 8. The average Bonchev–Trinajstić information content (AvgIpc) is 3.25. The van der Waals surface area contributed by atoms with Crippen LogP contribution in [-0.2, 0) is 11.3 Å². The molecular weight excluding hydrogens is 430 g/mol. The Morgan fingerprint density at radius 1 is 1.09 bits per heavy atom. The van der Waals surface area contributed by atoms with Crippen molar-refractivity contribution >= 4 is 28.6 Å². The van der Waals surface area contributed by atoms with Gasteiger partial charge in [0.05, 0.1) is 17.0 Å². The Morgan fingerprint density at radius 3 is 2.58 bits per heavy atom. The molecule has 170 valence electrons. The number of hydrogen-bond donors (Lipinski definition) is 1. The molecule has 4 aromatic rings. The van der Waals surface area contributed by atoms with E-state index in [1.165, 1.54) is 17.3 Å². The topological polar surface area (TPSA) is 72.7 Å². The third kappa shape index (κ3) is 5.09. The summed E-state index contributed by atoms with van der Waals surface area (Å²) in [6, 6.07) is 18.7. The van der Waals surface area contributed by atoms with Crippen molar-refractivity contribution in [2.45, 2.75) is 51.9 Å². The van der Waals surface area contributed by atoms with Crippen molar-refractivity contribution in [3.05, 3.63) is 60.2 Å². The van der Waals surface area contributed by atoms with Gasteiger partial charge >= 0.3 is 0 Å². The first-order valence-corrected chi connectivity index (χ1v) is 12.3. The van der Waals surface area contributed by atoms with Crippen molar-refractivity contribution < 1.29 is 4.79 Å². The van der Waals surface area contributed by atoms with Gasteiger partial charge in [0.1, 0.15) is 0 Å². The van der Waals surface area contributed by atoms with Crippen LogP contribution in [-0.4, -0.2) is 37.5 Å². The number of benzene rings is 2. The van der Waals surface area contributed by atoms with Crippen molar-refractivity contribution in [3.8, 4) is 22.6 Å². The summed E-state index contributed by atoms with van der Waals surface area (Å²) in [6.07, 6.45) is 0.907. The number of carbonyl (C=O) groups is 1. The maximum atomic E-state index is 12.3. The Kier molecular flexibility index (Phi) is 7.08. The molecule has 0 unspecified atom stereocenters. The molecule has 0 radical (unpaired) electrons. The second kappa shape index (κ2) is 10.2. The minimum absolute atomic E-state index is 0.0116. The summed E-state index contributed by atoms with van der Waals surface area (Å²) < 4.78 is 2.07. The molecule has 0 saturated heterocycles. The summed E-state index contributed by atoms with van der Waals surface area (Å²) in [6.45, 7) is 8.92. The monoisotopic (exact) mass is 459 g/mol. The van der Waals surface area contributed by atoms with E-state index in [1.54, 1.807) is 0 Å². The van der Waals surface area contributed by atoms with Crippen LogP contribution in [0.3, 0.4) is 0 Å². The summed E-state index contributed by atoms with van der Waals surface area (Å²) in [4.78, 5) is 17.2. The van der Waals surface area contributed by atoms with Gasteiger partial charge in [-0.25, -0.2) is 4.98 Å². The van der Waals surface area contributed by atoms with Crippen molar-refractivity contribution in [1.82, 2.24) is 25.1 Å². The number of thioether (sulfide) groups is 1. The van der Waals surface area contributed by atoms with Gasteiger partial charge in [-0.05, 0) is 39.3 Å². The molecule has 1 amide bonds. The maximum Gasteiger partial charge on any atom is 0.230 e. The van der Waals surface area contributed by atoms with Gasteiger partial charge in [0, 0.05) is 29.1 Å². The highest BCUT2D eigenvalue weighted by Crippen LogP contribution is 2.33. The van der Waals surface area contributed by atoms with E-state index in [0.29, 0.717) is 12.3 Å². The molecule has 0 aliphatic carbocycles.